The summed E-state index contributed by atoms with van der Waals surface area (Å²) in [6.07, 6.45) is 3.01. The van der Waals surface area contributed by atoms with Gasteiger partial charge in [0.25, 0.3) is 5.91 Å². The summed E-state index contributed by atoms with van der Waals surface area (Å²) in [5, 5.41) is 7.05. The molecule has 0 aliphatic carbocycles. The minimum absolute atomic E-state index is 0.0442. The fourth-order valence-corrected chi connectivity index (χ4v) is 4.00. The van der Waals surface area contributed by atoms with Crippen molar-refractivity contribution in [2.24, 2.45) is 5.10 Å². The van der Waals surface area contributed by atoms with E-state index in [4.69, 9.17) is 16.7 Å². The van der Waals surface area contributed by atoms with Gasteiger partial charge in [-0.1, -0.05) is 60.1 Å². The van der Waals surface area contributed by atoms with E-state index in [2.05, 4.69) is 4.90 Å². The fourth-order valence-electron chi connectivity index (χ4n) is 3.74. The van der Waals surface area contributed by atoms with Crippen molar-refractivity contribution in [3.05, 3.63) is 70.7 Å². The summed E-state index contributed by atoms with van der Waals surface area (Å²) >= 11 is 6.44. The number of benzene rings is 2. The Labute approximate surface area is 159 Å². The number of likely N-dealkylation sites (tertiary alicyclic amines) is 1. The van der Waals surface area contributed by atoms with E-state index < -0.39 is 0 Å². The van der Waals surface area contributed by atoms with E-state index in [0.717, 1.165) is 29.9 Å². The predicted molar refractivity (Wildman–Crippen MR) is 104 cm³/mol. The molecule has 1 amide bonds. The molecule has 2 aromatic carbocycles. The van der Waals surface area contributed by atoms with Crippen molar-refractivity contribution in [2.75, 3.05) is 19.6 Å². The Hall–Kier alpha value is -2.17. The second kappa shape index (κ2) is 7.60. The first-order chi connectivity index (χ1) is 12.7. The first kappa shape index (κ1) is 17.3. The highest BCUT2D eigenvalue weighted by molar-refractivity contribution is 6.31. The maximum absolute atomic E-state index is 13.0. The molecular formula is C21H22ClN3O. The first-order valence-corrected chi connectivity index (χ1v) is 9.52. The van der Waals surface area contributed by atoms with Crippen molar-refractivity contribution in [3.63, 3.8) is 0 Å². The van der Waals surface area contributed by atoms with Crippen molar-refractivity contribution in [1.29, 1.82) is 0 Å². The highest BCUT2D eigenvalue weighted by Crippen LogP contribution is 2.36. The molecule has 0 bridgehead atoms. The van der Waals surface area contributed by atoms with Crippen LogP contribution in [-0.4, -0.2) is 41.2 Å². The molecule has 4 nitrogen and oxygen atoms in total. The zero-order valence-corrected chi connectivity index (χ0v) is 15.4. The summed E-state index contributed by atoms with van der Waals surface area (Å²) in [5.41, 5.74) is 2.95. The van der Waals surface area contributed by atoms with Crippen molar-refractivity contribution in [1.82, 2.24) is 9.91 Å². The lowest BCUT2D eigenvalue weighted by Gasteiger charge is -2.25. The zero-order chi connectivity index (χ0) is 17.9. The molecule has 0 aromatic heterocycles. The van der Waals surface area contributed by atoms with Gasteiger partial charge in [-0.25, -0.2) is 5.01 Å². The molecule has 5 heteroatoms. The molecule has 2 aromatic rings. The maximum atomic E-state index is 13.0. The van der Waals surface area contributed by atoms with Gasteiger partial charge in [-0.3, -0.25) is 9.69 Å². The van der Waals surface area contributed by atoms with E-state index in [1.54, 1.807) is 5.01 Å². The van der Waals surface area contributed by atoms with Gasteiger partial charge in [-0.2, -0.15) is 5.10 Å². The molecule has 2 aliphatic heterocycles. The van der Waals surface area contributed by atoms with Gasteiger partial charge in [0.15, 0.2) is 0 Å². The van der Waals surface area contributed by atoms with Crippen LogP contribution in [0.4, 0.5) is 0 Å². The minimum Gasteiger partial charge on any atom is -0.294 e. The summed E-state index contributed by atoms with van der Waals surface area (Å²) in [6, 6.07) is 17.7. The molecule has 0 N–H and O–H groups in total. The normalized spacial score (nSPS) is 20.4. The molecule has 1 unspecified atom stereocenters. The van der Waals surface area contributed by atoms with Crippen molar-refractivity contribution in [3.8, 4) is 0 Å². The number of halogens is 1. The Kier molecular flexibility index (Phi) is 5.05. The molecule has 26 heavy (non-hydrogen) atoms. The smallest absolute Gasteiger partial charge is 0.257 e. The van der Waals surface area contributed by atoms with Crippen LogP contribution in [0, 0.1) is 0 Å². The molecule has 2 aliphatic rings. The number of carbonyl (C=O) groups excluding carboxylic acids is 1. The van der Waals surface area contributed by atoms with Gasteiger partial charge in [0.1, 0.15) is 0 Å². The average Bonchev–Trinajstić information content (AvgIpc) is 3.32. The number of nitrogens with zero attached hydrogens (tertiary/aromatic N) is 3. The third kappa shape index (κ3) is 3.53. The second-order valence-electron chi connectivity index (χ2n) is 6.88. The molecule has 4 rings (SSSR count). The molecule has 1 fully saturated rings. The molecule has 1 saturated heterocycles. The highest BCUT2D eigenvalue weighted by atomic mass is 35.5. The first-order valence-electron chi connectivity index (χ1n) is 9.14. The van der Waals surface area contributed by atoms with Crippen LogP contribution in [0.2, 0.25) is 5.02 Å². The van der Waals surface area contributed by atoms with E-state index in [1.165, 1.54) is 12.8 Å². The van der Waals surface area contributed by atoms with Gasteiger partial charge >= 0.3 is 0 Å². The quantitative estimate of drug-likeness (QED) is 0.815. The summed E-state index contributed by atoms with van der Waals surface area (Å²) in [6.45, 7) is 2.41. The Balaban J connectivity index is 1.64. The Morgan fingerprint density at radius 1 is 1.04 bits per heavy atom. The van der Waals surface area contributed by atoms with E-state index >= 15 is 0 Å². The second-order valence-corrected chi connectivity index (χ2v) is 7.28. The van der Waals surface area contributed by atoms with Crippen molar-refractivity contribution < 1.29 is 4.79 Å². The van der Waals surface area contributed by atoms with Crippen LogP contribution in [0.5, 0.6) is 0 Å². The number of hydrogen-bond acceptors (Lipinski definition) is 3. The van der Waals surface area contributed by atoms with E-state index in [1.807, 2.05) is 54.6 Å². The third-order valence-corrected chi connectivity index (χ3v) is 5.44. The molecular weight excluding hydrogens is 346 g/mol. The van der Waals surface area contributed by atoms with Gasteiger partial charge < -0.3 is 0 Å². The topological polar surface area (TPSA) is 35.9 Å². The average molecular weight is 368 g/mol. The number of amides is 1. The monoisotopic (exact) mass is 367 g/mol. The van der Waals surface area contributed by atoms with Gasteiger partial charge in [0.05, 0.1) is 18.3 Å². The molecule has 0 radical (unpaired) electrons. The van der Waals surface area contributed by atoms with Crippen molar-refractivity contribution in [2.45, 2.75) is 25.3 Å². The summed E-state index contributed by atoms with van der Waals surface area (Å²) in [5.74, 6) is 0.0442. The van der Waals surface area contributed by atoms with Crippen LogP contribution in [0.25, 0.3) is 0 Å². The van der Waals surface area contributed by atoms with Gasteiger partial charge in [0, 0.05) is 11.4 Å². The maximum Gasteiger partial charge on any atom is 0.257 e. The molecule has 1 atom stereocenters. The lowest BCUT2D eigenvalue weighted by atomic mass is 9.98. The SMILES string of the molecule is O=C(CN1CCCC1)N1N=C(c2ccccc2)CC1c1ccccc1Cl. The third-order valence-electron chi connectivity index (χ3n) is 5.09. The number of hydrogen-bond donors (Lipinski definition) is 0. The van der Waals surface area contributed by atoms with Gasteiger partial charge in [0.2, 0.25) is 0 Å². The van der Waals surface area contributed by atoms with E-state index in [9.17, 15) is 4.79 Å². The van der Waals surface area contributed by atoms with Crippen LogP contribution in [0.15, 0.2) is 59.7 Å². The van der Waals surface area contributed by atoms with Crippen molar-refractivity contribution >= 4 is 23.2 Å². The minimum atomic E-state index is -0.144. The Morgan fingerprint density at radius 2 is 1.73 bits per heavy atom. The largest absolute Gasteiger partial charge is 0.294 e. The molecule has 0 saturated carbocycles. The van der Waals surface area contributed by atoms with E-state index in [-0.39, 0.29) is 11.9 Å². The predicted octanol–water partition coefficient (Wildman–Crippen LogP) is 4.11. The van der Waals surface area contributed by atoms with Crippen LogP contribution >= 0.6 is 11.6 Å². The van der Waals surface area contributed by atoms with Gasteiger partial charge in [-0.15, -0.1) is 0 Å². The lowest BCUT2D eigenvalue weighted by Crippen LogP contribution is -2.37. The highest BCUT2D eigenvalue weighted by Gasteiger charge is 2.34. The van der Waals surface area contributed by atoms with Crippen LogP contribution < -0.4 is 0 Å². The summed E-state index contributed by atoms with van der Waals surface area (Å²) in [7, 11) is 0. The van der Waals surface area contributed by atoms with Crippen LogP contribution in [0.1, 0.15) is 36.4 Å². The van der Waals surface area contributed by atoms with Crippen LogP contribution in [0.3, 0.4) is 0 Å². The van der Waals surface area contributed by atoms with Crippen LogP contribution in [-0.2, 0) is 4.79 Å². The number of carbonyl (C=O) groups is 1. The summed E-state index contributed by atoms with van der Waals surface area (Å²) in [4.78, 5) is 15.2. The zero-order valence-electron chi connectivity index (χ0n) is 14.6. The summed E-state index contributed by atoms with van der Waals surface area (Å²) < 4.78 is 0. The van der Waals surface area contributed by atoms with Gasteiger partial charge in [-0.05, 0) is 43.1 Å². The van der Waals surface area contributed by atoms with E-state index in [0.29, 0.717) is 18.0 Å². The Morgan fingerprint density at radius 3 is 2.46 bits per heavy atom. The lowest BCUT2D eigenvalue weighted by molar-refractivity contribution is -0.134. The molecule has 2 heterocycles. The molecule has 134 valence electrons. The standard InChI is InChI=1S/C21H22ClN3O/c22-18-11-5-4-10-17(18)20-14-19(16-8-2-1-3-9-16)23-25(20)21(26)15-24-12-6-7-13-24/h1-5,8-11,20H,6-7,12-15H2. The number of hydrazone groups is 1. The molecule has 0 spiro atoms. The fraction of sp³-hybridized carbons (Fsp3) is 0.333. The number of rotatable bonds is 4. The Bertz CT molecular complexity index is 815.